The van der Waals surface area contributed by atoms with Gasteiger partial charge in [0.25, 0.3) is 0 Å². The quantitative estimate of drug-likeness (QED) is 0.254. The molecule has 0 atom stereocenters. The Hall–Kier alpha value is 4.32. The Morgan fingerprint density at radius 3 is 0.692 bits per heavy atom. The van der Waals surface area contributed by atoms with Crippen LogP contribution < -0.4 is 0 Å². The van der Waals surface area contributed by atoms with E-state index in [1.165, 1.54) is 57.5 Å². The van der Waals surface area contributed by atoms with Gasteiger partial charge in [0.05, 0.1) is 0 Å². The van der Waals surface area contributed by atoms with Crippen molar-refractivity contribution in [1.29, 1.82) is 0 Å². The average Bonchev–Trinajstić information content (AvgIpc) is 2.44. The molecule has 150 valence electrons. The van der Waals surface area contributed by atoms with E-state index in [0.29, 0.717) is 0 Å². The molecule has 5 heterocycles. The van der Waals surface area contributed by atoms with Crippen LogP contribution in [0.4, 0.5) is 0 Å². The summed E-state index contributed by atoms with van der Waals surface area (Å²) in [5.74, 6) is 14.4. The third-order valence-electron chi connectivity index (χ3n) is 4.64. The normalized spacial score (nSPS) is 30.4. The Kier molecular flexibility index (Phi) is 8.23. The molecule has 0 spiro atoms. The standard InChI is InChI=1S/5C3H6S2.Sb/c5*4-3-1-5-2-3;/h5*3-4H,1-2H2;/q;;;;;+5/p-5. The summed E-state index contributed by atoms with van der Waals surface area (Å²) in [7, 11) is 10.1. The predicted molar refractivity (Wildman–Crippen MR) is 149 cm³/mol. The van der Waals surface area contributed by atoms with E-state index >= 15 is 0 Å². The van der Waals surface area contributed by atoms with Crippen molar-refractivity contribution >= 4 is 113 Å². The van der Waals surface area contributed by atoms with Crippen LogP contribution in [0.25, 0.3) is 0 Å². The zero-order valence-corrected chi connectivity index (χ0v) is 25.2. The SMILES string of the molecule is C1SCC1[S][Sb]([S]C1CSC1)([S]C1CSC1)([S]C1CSC1)[S]C1CSC1. The van der Waals surface area contributed by atoms with E-state index in [-0.39, 0.29) is 0 Å². The molecule has 0 N–H and O–H groups in total. The molecule has 5 aliphatic heterocycles. The van der Waals surface area contributed by atoms with E-state index < -0.39 is 10.4 Å². The van der Waals surface area contributed by atoms with Crippen molar-refractivity contribution in [2.75, 3.05) is 57.5 Å². The molecule has 0 bridgehead atoms. The van der Waals surface area contributed by atoms with Crippen molar-refractivity contribution in [1.82, 2.24) is 0 Å². The molecule has 0 saturated carbocycles. The molecule has 0 radical (unpaired) electrons. The monoisotopic (exact) mass is 646 g/mol. The van der Waals surface area contributed by atoms with Crippen LogP contribution in [0, 0.1) is 0 Å². The van der Waals surface area contributed by atoms with Crippen LogP contribution in [-0.4, -0.2) is 94.2 Å². The van der Waals surface area contributed by atoms with Crippen molar-refractivity contribution in [2.24, 2.45) is 0 Å². The van der Waals surface area contributed by atoms with Gasteiger partial charge in [-0.25, -0.2) is 0 Å². The van der Waals surface area contributed by atoms with Gasteiger partial charge in [-0.2, -0.15) is 0 Å². The van der Waals surface area contributed by atoms with Gasteiger partial charge >= 0.3 is 197 Å². The first-order valence-electron chi connectivity index (χ1n) is 9.06. The second kappa shape index (κ2) is 9.67. The number of hydrogen-bond acceptors (Lipinski definition) is 10. The van der Waals surface area contributed by atoms with Crippen LogP contribution >= 0.6 is 103 Å². The second-order valence-corrected chi connectivity index (χ2v) is 70.1. The van der Waals surface area contributed by atoms with E-state index in [0.717, 1.165) is 26.2 Å². The average molecular weight is 648 g/mol. The topological polar surface area (TPSA) is 0 Å². The van der Waals surface area contributed by atoms with Gasteiger partial charge in [-0.1, -0.05) is 0 Å². The summed E-state index contributed by atoms with van der Waals surface area (Å²) < 4.78 is 0. The van der Waals surface area contributed by atoms with E-state index in [9.17, 15) is 0 Å². The molecule has 5 aliphatic rings. The molecule has 5 saturated heterocycles. The zero-order valence-electron chi connectivity index (χ0n) is 14.5. The van der Waals surface area contributed by atoms with Gasteiger partial charge in [0.1, 0.15) is 0 Å². The van der Waals surface area contributed by atoms with Gasteiger partial charge in [-0.3, -0.25) is 0 Å². The third kappa shape index (κ3) is 5.11. The van der Waals surface area contributed by atoms with Crippen molar-refractivity contribution in [2.45, 2.75) is 26.2 Å². The maximum atomic E-state index is 2.63. The van der Waals surface area contributed by atoms with Crippen LogP contribution in [0.1, 0.15) is 0 Å². The molecule has 11 heteroatoms. The van der Waals surface area contributed by atoms with Gasteiger partial charge in [0.15, 0.2) is 0 Å². The molecule has 0 aliphatic carbocycles. The summed E-state index contributed by atoms with van der Waals surface area (Å²) in [5.41, 5.74) is 0. The summed E-state index contributed by atoms with van der Waals surface area (Å²) in [5, 5.41) is 4.87. The molecular formula is C15H25S10Sb. The molecule has 0 aromatic rings. The van der Waals surface area contributed by atoms with Crippen LogP contribution in [0.15, 0.2) is 0 Å². The summed E-state index contributed by atoms with van der Waals surface area (Å²) in [4.78, 5) is 0. The van der Waals surface area contributed by atoms with Crippen molar-refractivity contribution in [3.63, 3.8) is 0 Å². The number of hydrogen-bond donors (Lipinski definition) is 0. The first kappa shape index (κ1) is 22.1. The molecule has 0 nitrogen and oxygen atoms in total. The summed E-state index contributed by atoms with van der Waals surface area (Å²) in [6.45, 7) is 0. The molecule has 26 heavy (non-hydrogen) atoms. The zero-order chi connectivity index (χ0) is 17.5. The summed E-state index contributed by atoms with van der Waals surface area (Å²) in [6.07, 6.45) is 0. The predicted octanol–water partition coefficient (Wildman–Crippen LogP) is 6.12. The molecule has 0 aromatic carbocycles. The molecular weight excluding hydrogens is 623 g/mol. The van der Waals surface area contributed by atoms with Gasteiger partial charge in [-0.15, -0.1) is 0 Å². The van der Waals surface area contributed by atoms with Gasteiger partial charge < -0.3 is 0 Å². The molecule has 5 fully saturated rings. The minimum absolute atomic E-state index is 0.975. The Morgan fingerprint density at radius 1 is 0.385 bits per heavy atom. The summed E-state index contributed by atoms with van der Waals surface area (Å²) >= 11 is 11.0. The first-order chi connectivity index (χ1) is 12.7. The van der Waals surface area contributed by atoms with E-state index in [1.54, 1.807) is 0 Å². The van der Waals surface area contributed by atoms with E-state index in [4.69, 9.17) is 0 Å². The number of rotatable bonds is 10. The fourth-order valence-electron chi connectivity index (χ4n) is 2.84. The fraction of sp³-hybridized carbons (Fsp3) is 1.00. The first-order valence-corrected chi connectivity index (χ1v) is 34.6. The van der Waals surface area contributed by atoms with Crippen LogP contribution in [-0.2, 0) is 0 Å². The Balaban J connectivity index is 1.46. The van der Waals surface area contributed by atoms with Crippen molar-refractivity contribution < 1.29 is 0 Å². The second-order valence-electron chi connectivity index (χ2n) is 7.07. The van der Waals surface area contributed by atoms with Gasteiger partial charge in [0.2, 0.25) is 0 Å². The molecule has 0 amide bonds. The Bertz CT molecular complexity index is 390. The molecule has 5 rings (SSSR count). The maximum absolute atomic E-state index is 3.03. The number of thioether (sulfide) groups is 5. The van der Waals surface area contributed by atoms with Crippen molar-refractivity contribution in [3.8, 4) is 0 Å². The van der Waals surface area contributed by atoms with Crippen LogP contribution in [0.3, 0.4) is 0 Å². The Morgan fingerprint density at radius 2 is 0.577 bits per heavy atom. The van der Waals surface area contributed by atoms with E-state index in [2.05, 4.69) is 103 Å². The molecule has 0 unspecified atom stereocenters. The fourth-order valence-corrected chi connectivity index (χ4v) is 113. The van der Waals surface area contributed by atoms with Gasteiger partial charge in [-0.05, 0) is 0 Å². The van der Waals surface area contributed by atoms with E-state index in [1.807, 2.05) is 0 Å². The Labute approximate surface area is 194 Å². The summed E-state index contributed by atoms with van der Waals surface area (Å²) in [6, 6.07) is 0. The van der Waals surface area contributed by atoms with Crippen molar-refractivity contribution in [3.05, 3.63) is 0 Å². The van der Waals surface area contributed by atoms with Crippen LogP contribution in [0.5, 0.6) is 0 Å². The van der Waals surface area contributed by atoms with Crippen LogP contribution in [0.2, 0.25) is 0 Å². The van der Waals surface area contributed by atoms with Gasteiger partial charge in [0, 0.05) is 0 Å². The molecule has 0 aromatic heterocycles. The third-order valence-corrected chi connectivity index (χ3v) is 80.2. The minimum atomic E-state index is -3.03.